The zero-order valence-corrected chi connectivity index (χ0v) is 9.92. The maximum atomic E-state index is 13.0. The molecule has 1 aliphatic heterocycles. The van der Waals surface area contributed by atoms with Gasteiger partial charge in [-0.05, 0) is 18.2 Å². The molecule has 0 aliphatic carbocycles. The fourth-order valence-corrected chi connectivity index (χ4v) is 2.79. The van der Waals surface area contributed by atoms with Gasteiger partial charge in [-0.25, -0.2) is 13.6 Å². The van der Waals surface area contributed by atoms with Gasteiger partial charge in [0.15, 0.2) is 11.6 Å². The second-order valence-corrected chi connectivity index (χ2v) is 4.76. The third-order valence-electron chi connectivity index (χ3n) is 2.59. The van der Waals surface area contributed by atoms with E-state index in [9.17, 15) is 18.4 Å². The minimum Gasteiger partial charge on any atom is -0.480 e. The molecule has 1 atom stereocenters. The first kappa shape index (κ1) is 12.8. The van der Waals surface area contributed by atoms with Gasteiger partial charge in [-0.1, -0.05) is 0 Å². The van der Waals surface area contributed by atoms with Crippen molar-refractivity contribution in [3.63, 3.8) is 0 Å². The van der Waals surface area contributed by atoms with Crippen molar-refractivity contribution in [2.75, 3.05) is 11.6 Å². The van der Waals surface area contributed by atoms with Gasteiger partial charge < -0.3 is 10.0 Å². The van der Waals surface area contributed by atoms with Crippen LogP contribution >= 0.6 is 11.8 Å². The fraction of sp³-hybridized carbons (Fsp3) is 0.273. The summed E-state index contributed by atoms with van der Waals surface area (Å²) in [5.74, 6) is -3.35. The van der Waals surface area contributed by atoms with E-state index in [0.717, 1.165) is 23.1 Å². The SMILES string of the molecule is O=C(O)[C@@H]1CSCN1C(=O)c1ccc(F)c(F)c1. The predicted octanol–water partition coefficient (Wildman–Crippen LogP) is 1.56. The number of carbonyl (C=O) groups is 2. The lowest BCUT2D eigenvalue weighted by atomic mass is 10.1. The topological polar surface area (TPSA) is 57.6 Å². The van der Waals surface area contributed by atoms with E-state index >= 15 is 0 Å². The molecule has 0 unspecified atom stereocenters. The first-order valence-corrected chi connectivity index (χ1v) is 6.22. The van der Waals surface area contributed by atoms with Crippen LogP contribution in [-0.2, 0) is 4.79 Å². The van der Waals surface area contributed by atoms with Crippen molar-refractivity contribution in [1.29, 1.82) is 0 Å². The van der Waals surface area contributed by atoms with Crippen LogP contribution in [0.4, 0.5) is 8.78 Å². The van der Waals surface area contributed by atoms with Crippen molar-refractivity contribution in [1.82, 2.24) is 4.90 Å². The Morgan fingerprint density at radius 3 is 2.67 bits per heavy atom. The first-order valence-electron chi connectivity index (χ1n) is 5.07. The van der Waals surface area contributed by atoms with Crippen LogP contribution in [0.2, 0.25) is 0 Å². The highest BCUT2D eigenvalue weighted by Crippen LogP contribution is 2.23. The molecule has 1 N–H and O–H groups in total. The molecule has 1 heterocycles. The molecular weight excluding hydrogens is 264 g/mol. The summed E-state index contributed by atoms with van der Waals surface area (Å²) in [4.78, 5) is 24.1. The molecule has 4 nitrogen and oxygen atoms in total. The molecule has 0 spiro atoms. The standard InChI is InChI=1S/C11H9F2NO3S/c12-7-2-1-6(3-8(7)13)10(15)14-5-18-4-9(14)11(16)17/h1-3,9H,4-5H2,(H,16,17)/t9-/m0/s1. The van der Waals surface area contributed by atoms with Crippen LogP contribution in [0.1, 0.15) is 10.4 Å². The number of amides is 1. The number of hydrogen-bond acceptors (Lipinski definition) is 3. The van der Waals surface area contributed by atoms with Crippen LogP contribution in [0.25, 0.3) is 0 Å². The molecule has 0 bridgehead atoms. The lowest BCUT2D eigenvalue weighted by Crippen LogP contribution is -2.41. The Balaban J connectivity index is 2.25. The summed E-state index contributed by atoms with van der Waals surface area (Å²) in [6.45, 7) is 0. The summed E-state index contributed by atoms with van der Waals surface area (Å²) in [6.07, 6.45) is 0. The lowest BCUT2D eigenvalue weighted by Gasteiger charge is -2.20. The Kier molecular flexibility index (Phi) is 3.51. The smallest absolute Gasteiger partial charge is 0.327 e. The Hall–Kier alpha value is -1.63. The average molecular weight is 273 g/mol. The number of nitrogens with zero attached hydrogens (tertiary/aromatic N) is 1. The van der Waals surface area contributed by atoms with E-state index in [0.29, 0.717) is 5.75 Å². The third-order valence-corrected chi connectivity index (χ3v) is 3.61. The highest BCUT2D eigenvalue weighted by molar-refractivity contribution is 7.99. The number of hydrogen-bond donors (Lipinski definition) is 1. The molecule has 2 rings (SSSR count). The molecule has 0 saturated carbocycles. The minimum atomic E-state index is -1.13. The molecule has 0 radical (unpaired) electrons. The summed E-state index contributed by atoms with van der Waals surface area (Å²) in [7, 11) is 0. The van der Waals surface area contributed by atoms with Crippen molar-refractivity contribution in [3.05, 3.63) is 35.4 Å². The maximum absolute atomic E-state index is 13.0. The Bertz CT molecular complexity index is 509. The number of aliphatic carboxylic acids is 1. The van der Waals surface area contributed by atoms with Gasteiger partial charge in [-0.3, -0.25) is 4.79 Å². The number of rotatable bonds is 2. The molecule has 1 amide bonds. The van der Waals surface area contributed by atoms with Crippen molar-refractivity contribution < 1.29 is 23.5 Å². The van der Waals surface area contributed by atoms with Gasteiger partial charge in [0.1, 0.15) is 6.04 Å². The average Bonchev–Trinajstić information content (AvgIpc) is 2.81. The van der Waals surface area contributed by atoms with Gasteiger partial charge in [-0.2, -0.15) is 0 Å². The quantitative estimate of drug-likeness (QED) is 0.888. The molecule has 96 valence electrons. The second kappa shape index (κ2) is 4.93. The summed E-state index contributed by atoms with van der Waals surface area (Å²) >= 11 is 1.31. The number of halogens is 2. The number of thioether (sulfide) groups is 1. The molecule has 1 saturated heterocycles. The largest absolute Gasteiger partial charge is 0.480 e. The zero-order valence-electron chi connectivity index (χ0n) is 9.10. The monoisotopic (exact) mass is 273 g/mol. The molecule has 7 heteroatoms. The summed E-state index contributed by atoms with van der Waals surface area (Å²) in [5.41, 5.74) is -0.0531. The third kappa shape index (κ3) is 2.31. The molecule has 1 fully saturated rings. The van der Waals surface area contributed by atoms with E-state index < -0.39 is 29.6 Å². The van der Waals surface area contributed by atoms with Crippen molar-refractivity contribution >= 4 is 23.6 Å². The van der Waals surface area contributed by atoms with E-state index in [1.54, 1.807) is 0 Å². The number of benzene rings is 1. The number of carbonyl (C=O) groups excluding carboxylic acids is 1. The molecule has 0 aromatic heterocycles. The van der Waals surface area contributed by atoms with Crippen LogP contribution in [0.3, 0.4) is 0 Å². The van der Waals surface area contributed by atoms with Crippen molar-refractivity contribution in [2.45, 2.75) is 6.04 Å². The molecule has 1 aliphatic rings. The summed E-state index contributed by atoms with van der Waals surface area (Å²) in [6, 6.07) is 1.85. The summed E-state index contributed by atoms with van der Waals surface area (Å²) in [5, 5.41) is 8.94. The van der Waals surface area contributed by atoms with Crippen LogP contribution in [0, 0.1) is 11.6 Å². The van der Waals surface area contributed by atoms with Gasteiger partial charge in [-0.15, -0.1) is 11.8 Å². The predicted molar refractivity (Wildman–Crippen MR) is 61.3 cm³/mol. The molecular formula is C11H9F2NO3S. The van der Waals surface area contributed by atoms with Gasteiger partial charge in [0.05, 0.1) is 5.88 Å². The van der Waals surface area contributed by atoms with Crippen LogP contribution < -0.4 is 0 Å². The van der Waals surface area contributed by atoms with E-state index in [-0.39, 0.29) is 11.4 Å². The van der Waals surface area contributed by atoms with Gasteiger partial charge in [0.25, 0.3) is 5.91 Å². The van der Waals surface area contributed by atoms with Gasteiger partial charge in [0.2, 0.25) is 0 Å². The Labute approximate surface area is 106 Å². The van der Waals surface area contributed by atoms with Crippen molar-refractivity contribution in [2.24, 2.45) is 0 Å². The van der Waals surface area contributed by atoms with Crippen LogP contribution in [0.5, 0.6) is 0 Å². The van der Waals surface area contributed by atoms with Crippen molar-refractivity contribution in [3.8, 4) is 0 Å². The Morgan fingerprint density at radius 1 is 1.33 bits per heavy atom. The van der Waals surface area contributed by atoms with E-state index in [4.69, 9.17) is 5.11 Å². The molecule has 1 aromatic rings. The van der Waals surface area contributed by atoms with Crippen LogP contribution in [0.15, 0.2) is 18.2 Å². The van der Waals surface area contributed by atoms with Gasteiger partial charge in [0, 0.05) is 11.3 Å². The summed E-state index contributed by atoms with van der Waals surface area (Å²) < 4.78 is 25.8. The molecule has 18 heavy (non-hydrogen) atoms. The molecule has 1 aromatic carbocycles. The zero-order chi connectivity index (χ0) is 13.3. The number of carboxylic acids is 1. The normalized spacial score (nSPS) is 19.0. The lowest BCUT2D eigenvalue weighted by molar-refractivity contribution is -0.140. The van der Waals surface area contributed by atoms with E-state index in [2.05, 4.69) is 0 Å². The highest BCUT2D eigenvalue weighted by atomic mass is 32.2. The fourth-order valence-electron chi connectivity index (χ4n) is 1.64. The number of carboxylic acid groups (broad SMARTS) is 1. The van der Waals surface area contributed by atoms with Crippen LogP contribution in [-0.4, -0.2) is 39.6 Å². The highest BCUT2D eigenvalue weighted by Gasteiger charge is 2.35. The maximum Gasteiger partial charge on any atom is 0.327 e. The minimum absolute atomic E-state index is 0.0531. The Morgan fingerprint density at radius 2 is 2.06 bits per heavy atom. The van der Waals surface area contributed by atoms with E-state index in [1.807, 2.05) is 0 Å². The second-order valence-electron chi connectivity index (χ2n) is 3.76. The van der Waals surface area contributed by atoms with E-state index in [1.165, 1.54) is 11.8 Å². The first-order chi connectivity index (χ1) is 8.50. The van der Waals surface area contributed by atoms with Gasteiger partial charge >= 0.3 is 5.97 Å².